The lowest BCUT2D eigenvalue weighted by Gasteiger charge is -2.36. The summed E-state index contributed by atoms with van der Waals surface area (Å²) in [5, 5.41) is 2.44. The van der Waals surface area contributed by atoms with E-state index in [4.69, 9.17) is 5.73 Å². The molecule has 1 aliphatic heterocycles. The van der Waals surface area contributed by atoms with Crippen LogP contribution >= 0.6 is 0 Å². The van der Waals surface area contributed by atoms with E-state index < -0.39 is 5.82 Å². The summed E-state index contributed by atoms with van der Waals surface area (Å²) < 4.78 is 14.2. The van der Waals surface area contributed by atoms with Crippen LogP contribution in [0.4, 0.5) is 10.1 Å². The smallest absolute Gasteiger partial charge is 0.242 e. The van der Waals surface area contributed by atoms with Crippen molar-refractivity contribution in [1.82, 2.24) is 10.2 Å². The molecule has 24 heavy (non-hydrogen) atoms. The number of nitrogens with two attached hydrogens (primary N) is 1. The molecular weight excluding hydrogens is 315 g/mol. The van der Waals surface area contributed by atoms with Crippen molar-refractivity contribution in [1.29, 1.82) is 0 Å². The second-order valence-electron chi connectivity index (χ2n) is 5.57. The summed E-state index contributed by atoms with van der Waals surface area (Å²) in [5.41, 5.74) is 5.92. The van der Waals surface area contributed by atoms with Crippen LogP contribution in [0.3, 0.4) is 0 Å². The third-order valence-corrected chi connectivity index (χ3v) is 3.95. The summed E-state index contributed by atoms with van der Waals surface area (Å²) in [5.74, 6) is -1.20. The second kappa shape index (κ2) is 7.87. The van der Waals surface area contributed by atoms with Gasteiger partial charge in [0.25, 0.3) is 0 Å². The van der Waals surface area contributed by atoms with Crippen LogP contribution in [0, 0.1) is 5.82 Å². The number of Topliss-reactive ketones (excluding diaryl/α,β-unsaturated/α-hetero) is 1. The van der Waals surface area contributed by atoms with Crippen LogP contribution in [0.5, 0.6) is 0 Å². The van der Waals surface area contributed by atoms with Crippen molar-refractivity contribution in [2.24, 2.45) is 5.73 Å². The molecule has 0 saturated carbocycles. The van der Waals surface area contributed by atoms with Crippen molar-refractivity contribution in [3.63, 3.8) is 0 Å². The molecule has 1 aromatic rings. The predicted molar refractivity (Wildman–Crippen MR) is 87.3 cm³/mol. The number of anilines is 1. The average Bonchev–Trinajstić information content (AvgIpc) is 2.59. The Bertz CT molecular complexity index is 642. The Morgan fingerprint density at radius 2 is 1.88 bits per heavy atom. The fraction of sp³-hybridized carbons (Fsp3) is 0.438. The Hall–Kier alpha value is -2.48. The summed E-state index contributed by atoms with van der Waals surface area (Å²) in [6, 6.07) is 4.42. The van der Waals surface area contributed by atoms with Crippen molar-refractivity contribution < 1.29 is 18.8 Å². The summed E-state index contributed by atoms with van der Waals surface area (Å²) in [6.07, 6.45) is 0. The number of carbonyl (C=O) groups excluding carboxylic acids is 3. The molecule has 7 nitrogen and oxygen atoms in total. The summed E-state index contributed by atoms with van der Waals surface area (Å²) in [4.78, 5) is 37.8. The SMILES string of the molecule is CC(=O)c1ccc(N2CCN(C(=O)CNC(=O)CN)CC2)c(F)c1. The number of hydrogen-bond donors (Lipinski definition) is 2. The van der Waals surface area contributed by atoms with Crippen LogP contribution in [0.2, 0.25) is 0 Å². The molecule has 2 rings (SSSR count). The highest BCUT2D eigenvalue weighted by Crippen LogP contribution is 2.22. The van der Waals surface area contributed by atoms with Crippen molar-refractivity contribution in [3.05, 3.63) is 29.6 Å². The number of nitrogens with one attached hydrogen (secondary N) is 1. The van der Waals surface area contributed by atoms with E-state index in [1.807, 2.05) is 4.90 Å². The van der Waals surface area contributed by atoms with Crippen molar-refractivity contribution in [2.45, 2.75) is 6.92 Å². The second-order valence-corrected chi connectivity index (χ2v) is 5.57. The van der Waals surface area contributed by atoms with E-state index in [0.717, 1.165) is 0 Å². The molecule has 1 aliphatic rings. The minimum absolute atomic E-state index is 0.0856. The zero-order valence-electron chi connectivity index (χ0n) is 13.5. The molecule has 0 radical (unpaired) electrons. The van der Waals surface area contributed by atoms with Gasteiger partial charge < -0.3 is 20.9 Å². The van der Waals surface area contributed by atoms with E-state index in [-0.39, 0.29) is 30.7 Å². The number of nitrogens with zero attached hydrogens (tertiary/aromatic N) is 2. The predicted octanol–water partition coefficient (Wildman–Crippen LogP) is -0.248. The van der Waals surface area contributed by atoms with Gasteiger partial charge in [0.1, 0.15) is 5.82 Å². The molecule has 130 valence electrons. The van der Waals surface area contributed by atoms with Gasteiger partial charge in [-0.05, 0) is 25.1 Å². The van der Waals surface area contributed by atoms with E-state index in [1.165, 1.54) is 13.0 Å². The van der Waals surface area contributed by atoms with E-state index in [2.05, 4.69) is 5.32 Å². The number of rotatable bonds is 5. The van der Waals surface area contributed by atoms with Crippen LogP contribution in [-0.2, 0) is 9.59 Å². The maximum atomic E-state index is 14.2. The first-order valence-electron chi connectivity index (χ1n) is 7.72. The van der Waals surface area contributed by atoms with Gasteiger partial charge in [0.05, 0.1) is 18.8 Å². The first kappa shape index (κ1) is 17.9. The zero-order chi connectivity index (χ0) is 17.7. The van der Waals surface area contributed by atoms with Gasteiger partial charge in [-0.2, -0.15) is 0 Å². The molecule has 1 saturated heterocycles. The monoisotopic (exact) mass is 336 g/mol. The third kappa shape index (κ3) is 4.29. The molecule has 0 atom stereocenters. The van der Waals surface area contributed by atoms with Crippen molar-refractivity contribution >= 4 is 23.3 Å². The number of hydrogen-bond acceptors (Lipinski definition) is 5. The van der Waals surface area contributed by atoms with Crippen LogP contribution in [-0.4, -0.2) is 61.8 Å². The van der Waals surface area contributed by atoms with E-state index >= 15 is 0 Å². The molecule has 1 aromatic carbocycles. The fourth-order valence-electron chi connectivity index (χ4n) is 2.54. The van der Waals surface area contributed by atoms with Gasteiger partial charge in [-0.15, -0.1) is 0 Å². The third-order valence-electron chi connectivity index (χ3n) is 3.95. The van der Waals surface area contributed by atoms with Gasteiger partial charge >= 0.3 is 0 Å². The topological polar surface area (TPSA) is 95.7 Å². The maximum Gasteiger partial charge on any atom is 0.242 e. The van der Waals surface area contributed by atoms with Crippen LogP contribution in [0.1, 0.15) is 17.3 Å². The standard InChI is InChI=1S/C16H21FN4O3/c1-11(22)12-2-3-14(13(17)8-12)20-4-6-21(7-5-20)16(24)10-19-15(23)9-18/h2-3,8H,4-7,9-10,18H2,1H3,(H,19,23). The summed E-state index contributed by atoms with van der Waals surface area (Å²) in [6.45, 7) is 2.98. The lowest BCUT2D eigenvalue weighted by molar-refractivity contribution is -0.132. The van der Waals surface area contributed by atoms with E-state index in [0.29, 0.717) is 37.4 Å². The minimum Gasteiger partial charge on any atom is -0.366 e. The number of carbonyl (C=O) groups is 3. The van der Waals surface area contributed by atoms with Crippen LogP contribution in [0.25, 0.3) is 0 Å². The van der Waals surface area contributed by atoms with Gasteiger partial charge in [0, 0.05) is 31.7 Å². The van der Waals surface area contributed by atoms with Crippen molar-refractivity contribution in [3.8, 4) is 0 Å². The summed E-state index contributed by atoms with van der Waals surface area (Å²) >= 11 is 0. The molecule has 8 heteroatoms. The Morgan fingerprint density at radius 1 is 1.21 bits per heavy atom. The molecule has 0 aliphatic carbocycles. The molecule has 0 spiro atoms. The molecule has 0 unspecified atom stereocenters. The van der Waals surface area contributed by atoms with Crippen LogP contribution < -0.4 is 16.0 Å². The van der Waals surface area contributed by atoms with Crippen molar-refractivity contribution in [2.75, 3.05) is 44.2 Å². The molecule has 0 aromatic heterocycles. The number of benzene rings is 1. The zero-order valence-corrected chi connectivity index (χ0v) is 13.5. The minimum atomic E-state index is -0.447. The van der Waals surface area contributed by atoms with Gasteiger partial charge in [-0.25, -0.2) is 4.39 Å². The maximum absolute atomic E-state index is 14.2. The largest absolute Gasteiger partial charge is 0.366 e. The van der Waals surface area contributed by atoms with Crippen LogP contribution in [0.15, 0.2) is 18.2 Å². The molecular formula is C16H21FN4O3. The highest BCUT2D eigenvalue weighted by molar-refractivity contribution is 5.94. The number of halogens is 1. The van der Waals surface area contributed by atoms with E-state index in [9.17, 15) is 18.8 Å². The average molecular weight is 336 g/mol. The Kier molecular flexibility index (Phi) is 5.86. The quantitative estimate of drug-likeness (QED) is 0.723. The van der Waals surface area contributed by atoms with Gasteiger partial charge in [-0.3, -0.25) is 14.4 Å². The Morgan fingerprint density at radius 3 is 2.42 bits per heavy atom. The molecule has 0 bridgehead atoms. The van der Waals surface area contributed by atoms with Gasteiger partial charge in [0.15, 0.2) is 5.78 Å². The highest BCUT2D eigenvalue weighted by Gasteiger charge is 2.23. The molecule has 2 amide bonds. The number of piperazine rings is 1. The molecule has 1 fully saturated rings. The normalized spacial score (nSPS) is 14.5. The molecule has 1 heterocycles. The Balaban J connectivity index is 1.92. The summed E-state index contributed by atoms with van der Waals surface area (Å²) in [7, 11) is 0. The number of ketones is 1. The molecule has 3 N–H and O–H groups in total. The highest BCUT2D eigenvalue weighted by atomic mass is 19.1. The van der Waals surface area contributed by atoms with Gasteiger partial charge in [0.2, 0.25) is 11.8 Å². The first-order valence-corrected chi connectivity index (χ1v) is 7.72. The first-order chi connectivity index (χ1) is 11.4. The lowest BCUT2D eigenvalue weighted by atomic mass is 10.1. The number of amides is 2. The van der Waals surface area contributed by atoms with E-state index in [1.54, 1.807) is 17.0 Å². The fourth-order valence-corrected chi connectivity index (χ4v) is 2.54. The Labute approximate surface area is 139 Å². The van der Waals surface area contributed by atoms with Gasteiger partial charge in [-0.1, -0.05) is 0 Å². The lowest BCUT2D eigenvalue weighted by Crippen LogP contribution is -2.51.